The largest absolute Gasteiger partial charge is 0.507 e. The molecule has 142 valence electrons. The van der Waals surface area contributed by atoms with Crippen LogP contribution in [0.25, 0.3) is 12.2 Å². The minimum Gasteiger partial charge on any atom is -0.507 e. The van der Waals surface area contributed by atoms with Crippen LogP contribution in [-0.2, 0) is 4.79 Å². The van der Waals surface area contributed by atoms with Crippen LogP contribution < -0.4 is 4.90 Å². The van der Waals surface area contributed by atoms with E-state index in [4.69, 9.17) is 0 Å². The smallest absolute Gasteiger partial charge is 0.282 e. The van der Waals surface area contributed by atoms with E-state index >= 15 is 0 Å². The van der Waals surface area contributed by atoms with Gasteiger partial charge >= 0.3 is 0 Å². The Morgan fingerprint density at radius 2 is 1.31 bits per heavy atom. The number of amidine groups is 1. The van der Waals surface area contributed by atoms with Crippen LogP contribution in [0.1, 0.15) is 11.1 Å². The number of phenolic OH excluding ortho intramolecular Hbond substituents is 2. The van der Waals surface area contributed by atoms with Gasteiger partial charge in [0.15, 0.2) is 0 Å². The summed E-state index contributed by atoms with van der Waals surface area (Å²) in [5, 5.41) is 20.0. The van der Waals surface area contributed by atoms with Crippen LogP contribution in [0.15, 0.2) is 95.6 Å². The summed E-state index contributed by atoms with van der Waals surface area (Å²) in [6.07, 6.45) is 4.96. The van der Waals surface area contributed by atoms with Gasteiger partial charge in [-0.3, -0.25) is 9.69 Å². The molecule has 0 unspecified atom stereocenters. The first-order chi connectivity index (χ1) is 14.1. The van der Waals surface area contributed by atoms with Crippen molar-refractivity contribution in [2.24, 2.45) is 4.99 Å². The fourth-order valence-corrected chi connectivity index (χ4v) is 3.02. The summed E-state index contributed by atoms with van der Waals surface area (Å²) in [6, 6.07) is 22.9. The van der Waals surface area contributed by atoms with Gasteiger partial charge in [0.1, 0.15) is 23.0 Å². The summed E-state index contributed by atoms with van der Waals surface area (Å²) in [7, 11) is 0. The van der Waals surface area contributed by atoms with Gasteiger partial charge in [-0.25, -0.2) is 4.99 Å². The van der Waals surface area contributed by atoms with Crippen molar-refractivity contribution in [3.05, 3.63) is 102 Å². The molecule has 2 N–H and O–H groups in total. The average Bonchev–Trinajstić information content (AvgIpc) is 3.05. The number of phenols is 2. The first kappa shape index (κ1) is 18.3. The molecule has 0 saturated carbocycles. The van der Waals surface area contributed by atoms with Crippen LogP contribution in [0.2, 0.25) is 0 Å². The van der Waals surface area contributed by atoms with Crippen LogP contribution in [0, 0.1) is 0 Å². The van der Waals surface area contributed by atoms with Gasteiger partial charge in [0.2, 0.25) is 0 Å². The van der Waals surface area contributed by atoms with E-state index in [2.05, 4.69) is 4.99 Å². The number of carbonyl (C=O) groups excluding carboxylic acids is 1. The maximum Gasteiger partial charge on any atom is 0.282 e. The van der Waals surface area contributed by atoms with E-state index in [1.54, 1.807) is 60.7 Å². The fraction of sp³-hybridized carbons (Fsp3) is 0. The molecule has 29 heavy (non-hydrogen) atoms. The Morgan fingerprint density at radius 3 is 1.97 bits per heavy atom. The number of hydrogen-bond acceptors (Lipinski definition) is 4. The first-order valence-corrected chi connectivity index (χ1v) is 9.07. The molecule has 3 aromatic carbocycles. The van der Waals surface area contributed by atoms with Gasteiger partial charge in [0.05, 0.1) is 5.69 Å². The van der Waals surface area contributed by atoms with E-state index < -0.39 is 0 Å². The monoisotopic (exact) mass is 382 g/mol. The SMILES string of the molecule is O=C1/C(=C/c2ccccc2O)N=C(/C=C/c2ccccc2O)N1c1ccccc1. The number of nitrogens with zero attached hydrogens (tertiary/aromatic N) is 2. The standard InChI is InChI=1S/C24H18N2O3/c27-21-12-6-4-8-17(21)14-15-23-25-20(16-18-9-5-7-13-22(18)28)24(29)26(23)19-10-2-1-3-11-19/h1-16,27-28H/b15-14+,20-16-. The average molecular weight is 382 g/mol. The highest BCUT2D eigenvalue weighted by molar-refractivity contribution is 6.32. The molecular formula is C24H18N2O3. The Kier molecular flexibility index (Phi) is 4.95. The third-order valence-corrected chi connectivity index (χ3v) is 4.48. The third kappa shape index (κ3) is 3.80. The van der Waals surface area contributed by atoms with Crippen LogP contribution in [0.3, 0.4) is 0 Å². The molecule has 0 bridgehead atoms. The summed E-state index contributed by atoms with van der Waals surface area (Å²) in [5.74, 6) is 0.347. The molecule has 0 fully saturated rings. The summed E-state index contributed by atoms with van der Waals surface area (Å²) < 4.78 is 0. The fourth-order valence-electron chi connectivity index (χ4n) is 3.02. The van der Waals surface area contributed by atoms with Gasteiger partial charge in [0, 0.05) is 11.1 Å². The predicted molar refractivity (Wildman–Crippen MR) is 115 cm³/mol. The molecule has 0 atom stereocenters. The Hall–Kier alpha value is -4.12. The summed E-state index contributed by atoms with van der Waals surface area (Å²) >= 11 is 0. The lowest BCUT2D eigenvalue weighted by molar-refractivity contribution is -0.113. The van der Waals surface area contributed by atoms with Gasteiger partial charge in [-0.1, -0.05) is 54.6 Å². The number of carbonyl (C=O) groups is 1. The number of rotatable bonds is 4. The Morgan fingerprint density at radius 1 is 0.724 bits per heavy atom. The summed E-state index contributed by atoms with van der Waals surface area (Å²) in [5.41, 5.74) is 2.03. The zero-order valence-corrected chi connectivity index (χ0v) is 15.4. The van der Waals surface area contributed by atoms with E-state index in [1.165, 1.54) is 4.90 Å². The van der Waals surface area contributed by atoms with Crippen molar-refractivity contribution < 1.29 is 15.0 Å². The molecule has 5 nitrogen and oxygen atoms in total. The van der Waals surface area contributed by atoms with E-state index in [1.807, 2.05) is 36.4 Å². The second-order valence-electron chi connectivity index (χ2n) is 6.43. The lowest BCUT2D eigenvalue weighted by atomic mass is 10.1. The zero-order chi connectivity index (χ0) is 20.2. The van der Waals surface area contributed by atoms with E-state index in [9.17, 15) is 15.0 Å². The van der Waals surface area contributed by atoms with Gasteiger partial charge < -0.3 is 10.2 Å². The summed E-state index contributed by atoms with van der Waals surface area (Å²) in [4.78, 5) is 19.1. The van der Waals surface area contributed by atoms with Crippen molar-refractivity contribution in [2.75, 3.05) is 4.90 Å². The molecule has 1 aliphatic heterocycles. The molecule has 0 saturated heterocycles. The van der Waals surface area contributed by atoms with Gasteiger partial charge in [-0.2, -0.15) is 0 Å². The van der Waals surface area contributed by atoms with Crippen molar-refractivity contribution in [2.45, 2.75) is 0 Å². The highest BCUT2D eigenvalue weighted by Gasteiger charge is 2.30. The number of anilines is 1. The molecular weight excluding hydrogens is 364 g/mol. The minimum absolute atomic E-state index is 0.0764. The van der Waals surface area contributed by atoms with Crippen molar-refractivity contribution in [1.82, 2.24) is 0 Å². The second kappa shape index (κ2) is 7.86. The summed E-state index contributed by atoms with van der Waals surface area (Å²) in [6.45, 7) is 0. The highest BCUT2D eigenvalue weighted by atomic mass is 16.3. The van der Waals surface area contributed by atoms with Gasteiger partial charge in [-0.05, 0) is 42.5 Å². The predicted octanol–water partition coefficient (Wildman–Crippen LogP) is 4.60. The maximum atomic E-state index is 13.1. The zero-order valence-electron chi connectivity index (χ0n) is 15.4. The number of para-hydroxylation sites is 3. The number of amides is 1. The molecule has 0 spiro atoms. The van der Waals surface area contributed by atoms with Gasteiger partial charge in [-0.15, -0.1) is 0 Å². The Labute approximate surface area is 168 Å². The van der Waals surface area contributed by atoms with Crippen LogP contribution in [0.5, 0.6) is 11.5 Å². The van der Waals surface area contributed by atoms with Gasteiger partial charge in [0.25, 0.3) is 5.91 Å². The van der Waals surface area contributed by atoms with Crippen molar-refractivity contribution >= 4 is 29.6 Å². The quantitative estimate of drug-likeness (QED) is 0.648. The van der Waals surface area contributed by atoms with Crippen molar-refractivity contribution in [3.8, 4) is 11.5 Å². The molecule has 0 aromatic heterocycles. The Balaban J connectivity index is 1.77. The van der Waals surface area contributed by atoms with Crippen LogP contribution in [0.4, 0.5) is 5.69 Å². The molecule has 4 rings (SSSR count). The molecule has 0 radical (unpaired) electrons. The number of aliphatic imine (C=N–C) groups is 1. The van der Waals surface area contributed by atoms with Crippen molar-refractivity contribution in [1.29, 1.82) is 0 Å². The van der Waals surface area contributed by atoms with Crippen molar-refractivity contribution in [3.63, 3.8) is 0 Å². The number of benzene rings is 3. The minimum atomic E-state index is -0.295. The lowest BCUT2D eigenvalue weighted by Crippen LogP contribution is -2.30. The maximum absolute atomic E-state index is 13.1. The molecule has 1 heterocycles. The number of aromatic hydroxyl groups is 2. The Bertz CT molecular complexity index is 1150. The molecule has 1 aliphatic rings. The number of hydrogen-bond donors (Lipinski definition) is 2. The molecule has 3 aromatic rings. The third-order valence-electron chi connectivity index (χ3n) is 4.48. The van der Waals surface area contributed by atoms with E-state index in [0.717, 1.165) is 0 Å². The topological polar surface area (TPSA) is 73.1 Å². The normalized spacial score (nSPS) is 15.3. The highest BCUT2D eigenvalue weighted by Crippen LogP contribution is 2.28. The van der Waals surface area contributed by atoms with Crippen LogP contribution in [-0.4, -0.2) is 22.0 Å². The molecule has 1 amide bonds. The van der Waals surface area contributed by atoms with Crippen LogP contribution >= 0.6 is 0 Å². The van der Waals surface area contributed by atoms with E-state index in [0.29, 0.717) is 22.6 Å². The first-order valence-electron chi connectivity index (χ1n) is 9.07. The molecule has 5 heteroatoms. The lowest BCUT2D eigenvalue weighted by Gasteiger charge is -2.16. The second-order valence-corrected chi connectivity index (χ2v) is 6.43. The van der Waals surface area contributed by atoms with E-state index in [-0.39, 0.29) is 23.1 Å². The molecule has 0 aliphatic carbocycles.